The van der Waals surface area contributed by atoms with Crippen LogP contribution in [-0.4, -0.2) is 20.3 Å². The molecule has 0 heterocycles. The van der Waals surface area contributed by atoms with Gasteiger partial charge >= 0.3 is 0 Å². The molecule has 0 unspecified atom stereocenters. The van der Waals surface area contributed by atoms with Crippen LogP contribution in [0.3, 0.4) is 0 Å². The normalized spacial score (nSPS) is 22.6. The summed E-state index contributed by atoms with van der Waals surface area (Å²) in [6.45, 7) is 3.67. The maximum Gasteiger partial charge on any atom is 0.119 e. The van der Waals surface area contributed by atoms with Gasteiger partial charge in [-0.15, -0.1) is 0 Å². The van der Waals surface area contributed by atoms with E-state index in [1.807, 2.05) is 0 Å². The Hall–Kier alpha value is -1.28. The first-order valence-corrected chi connectivity index (χ1v) is 8.21. The maximum atomic E-state index is 5.65. The van der Waals surface area contributed by atoms with E-state index in [0.29, 0.717) is 0 Å². The van der Waals surface area contributed by atoms with Crippen LogP contribution in [0.2, 0.25) is 0 Å². The third-order valence-corrected chi connectivity index (χ3v) is 4.27. The highest BCUT2D eigenvalue weighted by Gasteiger charge is 2.20. The summed E-state index contributed by atoms with van der Waals surface area (Å²) < 4.78 is 10.7. The van der Waals surface area contributed by atoms with Crippen molar-refractivity contribution in [2.45, 2.75) is 44.9 Å². The zero-order valence-electron chi connectivity index (χ0n) is 13.4. The average molecular weight is 288 g/mol. The second kappa shape index (κ2) is 8.89. The third-order valence-electron chi connectivity index (χ3n) is 4.27. The van der Waals surface area contributed by atoms with Gasteiger partial charge in [0.05, 0.1) is 13.2 Å². The smallest absolute Gasteiger partial charge is 0.119 e. The number of methoxy groups -OCH3 is 1. The number of ether oxygens (including phenoxy) is 2. The molecule has 1 saturated carbocycles. The number of rotatable bonds is 7. The quantitative estimate of drug-likeness (QED) is 0.661. The van der Waals surface area contributed by atoms with Crippen molar-refractivity contribution >= 4 is 0 Å². The van der Waals surface area contributed by atoms with Crippen molar-refractivity contribution in [3.63, 3.8) is 0 Å². The van der Waals surface area contributed by atoms with Crippen molar-refractivity contribution in [3.8, 4) is 5.75 Å². The van der Waals surface area contributed by atoms with Gasteiger partial charge in [0, 0.05) is 7.11 Å². The molecule has 1 aliphatic carbocycles. The van der Waals surface area contributed by atoms with Crippen LogP contribution in [-0.2, 0) is 4.74 Å². The lowest BCUT2D eigenvalue weighted by Crippen LogP contribution is -2.11. The van der Waals surface area contributed by atoms with E-state index in [1.54, 1.807) is 7.11 Å². The highest BCUT2D eigenvalue weighted by molar-refractivity contribution is 5.29. The van der Waals surface area contributed by atoms with Gasteiger partial charge in [0.2, 0.25) is 0 Å². The Morgan fingerprint density at radius 3 is 2.43 bits per heavy atom. The van der Waals surface area contributed by atoms with E-state index >= 15 is 0 Å². The Morgan fingerprint density at radius 1 is 1.10 bits per heavy atom. The first kappa shape index (κ1) is 16.1. The van der Waals surface area contributed by atoms with E-state index in [-0.39, 0.29) is 0 Å². The van der Waals surface area contributed by atoms with Crippen LogP contribution in [0.15, 0.2) is 36.4 Å². The third kappa shape index (κ3) is 5.20. The summed E-state index contributed by atoms with van der Waals surface area (Å²) in [6, 6.07) is 8.73. The van der Waals surface area contributed by atoms with Crippen molar-refractivity contribution < 1.29 is 9.47 Å². The highest BCUT2D eigenvalue weighted by Crippen LogP contribution is 2.36. The van der Waals surface area contributed by atoms with Gasteiger partial charge in [-0.05, 0) is 61.6 Å². The van der Waals surface area contributed by atoms with Gasteiger partial charge in [-0.3, -0.25) is 0 Å². The molecular formula is C19H28O2. The van der Waals surface area contributed by atoms with Gasteiger partial charge in [0.25, 0.3) is 0 Å². The van der Waals surface area contributed by atoms with Crippen LogP contribution in [0.5, 0.6) is 5.75 Å². The van der Waals surface area contributed by atoms with Crippen LogP contribution in [0, 0.1) is 5.92 Å². The molecule has 0 spiro atoms. The molecule has 1 fully saturated rings. The Morgan fingerprint density at radius 2 is 1.81 bits per heavy atom. The van der Waals surface area contributed by atoms with Crippen LogP contribution in [0.1, 0.15) is 50.5 Å². The summed E-state index contributed by atoms with van der Waals surface area (Å²) in [5.74, 6) is 2.46. The van der Waals surface area contributed by atoms with E-state index in [2.05, 4.69) is 43.3 Å². The van der Waals surface area contributed by atoms with Crippen molar-refractivity contribution in [3.05, 3.63) is 42.0 Å². The fourth-order valence-corrected chi connectivity index (χ4v) is 3.05. The van der Waals surface area contributed by atoms with Crippen LogP contribution in [0.25, 0.3) is 0 Å². The Balaban J connectivity index is 1.81. The van der Waals surface area contributed by atoms with Gasteiger partial charge in [-0.2, -0.15) is 0 Å². The lowest BCUT2D eigenvalue weighted by atomic mass is 9.78. The van der Waals surface area contributed by atoms with E-state index < -0.39 is 0 Å². The van der Waals surface area contributed by atoms with Gasteiger partial charge in [-0.1, -0.05) is 31.2 Å². The first-order chi connectivity index (χ1) is 10.3. The zero-order chi connectivity index (χ0) is 14.9. The van der Waals surface area contributed by atoms with Gasteiger partial charge < -0.3 is 9.47 Å². The molecule has 0 atom stereocenters. The summed E-state index contributed by atoms with van der Waals surface area (Å²) in [4.78, 5) is 0. The first-order valence-electron chi connectivity index (χ1n) is 8.21. The molecule has 1 aromatic rings. The number of allylic oxidation sites excluding steroid dienone is 1. The second-order valence-electron chi connectivity index (χ2n) is 5.91. The lowest BCUT2D eigenvalue weighted by Gasteiger charge is -2.27. The van der Waals surface area contributed by atoms with Crippen molar-refractivity contribution in [1.82, 2.24) is 0 Å². The van der Waals surface area contributed by atoms with E-state index in [0.717, 1.165) is 37.2 Å². The van der Waals surface area contributed by atoms with Crippen LogP contribution < -0.4 is 4.74 Å². The molecule has 0 N–H and O–H groups in total. The molecule has 116 valence electrons. The molecule has 21 heavy (non-hydrogen) atoms. The maximum absolute atomic E-state index is 5.65. The Bertz CT molecular complexity index is 414. The minimum Gasteiger partial charge on any atom is -0.494 e. The number of benzene rings is 1. The van der Waals surface area contributed by atoms with E-state index in [9.17, 15) is 0 Å². The predicted octanol–water partition coefficient (Wildman–Crippen LogP) is 4.95. The molecule has 0 radical (unpaired) electrons. The van der Waals surface area contributed by atoms with Crippen molar-refractivity contribution in [1.29, 1.82) is 0 Å². The number of hydrogen-bond donors (Lipinski definition) is 0. The summed E-state index contributed by atoms with van der Waals surface area (Å²) in [7, 11) is 1.75. The molecule has 2 nitrogen and oxygen atoms in total. The molecular weight excluding hydrogens is 260 g/mol. The molecule has 0 aliphatic heterocycles. The summed E-state index contributed by atoms with van der Waals surface area (Å²) in [6.07, 6.45) is 10.7. The van der Waals surface area contributed by atoms with Crippen molar-refractivity contribution in [2.75, 3.05) is 20.3 Å². The predicted molar refractivity (Wildman–Crippen MR) is 87.9 cm³/mol. The molecule has 0 saturated heterocycles. The molecule has 0 aromatic heterocycles. The monoisotopic (exact) mass is 288 g/mol. The van der Waals surface area contributed by atoms with E-state index in [1.165, 1.54) is 31.2 Å². The molecule has 2 rings (SSSR count). The molecule has 0 bridgehead atoms. The fraction of sp³-hybridized carbons (Fsp3) is 0.579. The van der Waals surface area contributed by atoms with Crippen LogP contribution in [0.4, 0.5) is 0 Å². The summed E-state index contributed by atoms with van der Waals surface area (Å²) in [5, 5.41) is 0. The molecule has 0 amide bonds. The Kier molecular flexibility index (Phi) is 6.81. The van der Waals surface area contributed by atoms with Crippen LogP contribution >= 0.6 is 0 Å². The zero-order valence-corrected chi connectivity index (χ0v) is 13.4. The standard InChI is InChI=1S/C19H28O2/c1-3-14-21-19-12-10-18(11-13-19)17-8-6-16(7-9-17)5-4-15-20-2/h4-5,10-13,16-17H,3,6-9,14-15H2,1-2H3/b5-4+. The van der Waals surface area contributed by atoms with Crippen molar-refractivity contribution in [2.24, 2.45) is 5.92 Å². The summed E-state index contributed by atoms with van der Waals surface area (Å²) in [5.41, 5.74) is 1.47. The average Bonchev–Trinajstić information content (AvgIpc) is 2.54. The SMILES string of the molecule is CCCOc1ccc(C2CCC(/C=C/COC)CC2)cc1. The van der Waals surface area contributed by atoms with E-state index in [4.69, 9.17) is 9.47 Å². The van der Waals surface area contributed by atoms with Gasteiger partial charge in [-0.25, -0.2) is 0 Å². The minimum absolute atomic E-state index is 0.720. The number of hydrogen-bond acceptors (Lipinski definition) is 2. The molecule has 1 aliphatic rings. The van der Waals surface area contributed by atoms with Gasteiger partial charge in [0.15, 0.2) is 0 Å². The molecule has 2 heteroatoms. The minimum atomic E-state index is 0.720. The highest BCUT2D eigenvalue weighted by atomic mass is 16.5. The topological polar surface area (TPSA) is 18.5 Å². The fourth-order valence-electron chi connectivity index (χ4n) is 3.05. The van der Waals surface area contributed by atoms with Gasteiger partial charge in [0.1, 0.15) is 5.75 Å². The second-order valence-corrected chi connectivity index (χ2v) is 5.91. The molecule has 1 aromatic carbocycles. The largest absolute Gasteiger partial charge is 0.494 e. The Labute approximate surface area is 129 Å². The lowest BCUT2D eigenvalue weighted by molar-refractivity contribution is 0.233. The summed E-state index contributed by atoms with van der Waals surface area (Å²) >= 11 is 0.